The number of hydrogen-bond acceptors (Lipinski definition) is 4. The lowest BCUT2D eigenvalue weighted by Gasteiger charge is -2.16. The molecular formula is C21H24N2O3. The van der Waals surface area contributed by atoms with Gasteiger partial charge in [-0.25, -0.2) is 0 Å². The average Bonchev–Trinajstić information content (AvgIpc) is 2.95. The predicted octanol–water partition coefficient (Wildman–Crippen LogP) is 2.92. The zero-order valence-electron chi connectivity index (χ0n) is 15.0. The standard InChI is InChI=1S/C21H24N2O3/c1-14(2)22-12-16(24)13-26-19-10-6-9-18-20(19)17(21(25)23-18)11-15-7-4-3-5-8-15/h3-11,14,16,22,24H,12-13H2,1-2H3,(H,23,25). The highest BCUT2D eigenvalue weighted by molar-refractivity contribution is 6.35. The first-order valence-corrected chi connectivity index (χ1v) is 8.80. The van der Waals surface area contributed by atoms with Crippen molar-refractivity contribution in [2.24, 2.45) is 0 Å². The van der Waals surface area contributed by atoms with E-state index in [0.29, 0.717) is 23.9 Å². The molecule has 3 N–H and O–H groups in total. The first-order valence-electron chi connectivity index (χ1n) is 8.80. The molecule has 2 aromatic rings. The van der Waals surface area contributed by atoms with Gasteiger partial charge < -0.3 is 20.5 Å². The van der Waals surface area contributed by atoms with Crippen molar-refractivity contribution in [3.8, 4) is 5.75 Å². The Morgan fingerprint density at radius 2 is 1.92 bits per heavy atom. The molecule has 5 heteroatoms. The number of ether oxygens (including phenoxy) is 1. The number of anilines is 1. The van der Waals surface area contributed by atoms with Gasteiger partial charge in [-0.3, -0.25) is 4.79 Å². The Morgan fingerprint density at radius 3 is 2.65 bits per heavy atom. The summed E-state index contributed by atoms with van der Waals surface area (Å²) in [5, 5.41) is 16.1. The molecule has 0 radical (unpaired) electrons. The average molecular weight is 352 g/mol. The summed E-state index contributed by atoms with van der Waals surface area (Å²) < 4.78 is 5.84. The summed E-state index contributed by atoms with van der Waals surface area (Å²) in [6.07, 6.45) is 1.23. The van der Waals surface area contributed by atoms with Gasteiger partial charge in [-0.05, 0) is 23.8 Å². The maximum absolute atomic E-state index is 12.4. The van der Waals surface area contributed by atoms with Gasteiger partial charge >= 0.3 is 0 Å². The fourth-order valence-electron chi connectivity index (χ4n) is 2.81. The molecule has 1 aliphatic rings. The van der Waals surface area contributed by atoms with Crippen molar-refractivity contribution in [1.29, 1.82) is 0 Å². The van der Waals surface area contributed by atoms with Crippen LogP contribution >= 0.6 is 0 Å². The highest BCUT2D eigenvalue weighted by Crippen LogP contribution is 2.39. The van der Waals surface area contributed by atoms with Crippen LogP contribution in [-0.4, -0.2) is 36.3 Å². The van der Waals surface area contributed by atoms with Crippen molar-refractivity contribution < 1.29 is 14.6 Å². The van der Waals surface area contributed by atoms with E-state index in [4.69, 9.17) is 4.74 Å². The van der Waals surface area contributed by atoms with Crippen LogP contribution in [0, 0.1) is 0 Å². The van der Waals surface area contributed by atoms with Crippen molar-refractivity contribution in [3.63, 3.8) is 0 Å². The summed E-state index contributed by atoms with van der Waals surface area (Å²) in [4.78, 5) is 12.4. The molecule has 26 heavy (non-hydrogen) atoms. The third kappa shape index (κ3) is 4.31. The maximum atomic E-state index is 12.4. The number of carbonyl (C=O) groups excluding carboxylic acids is 1. The SMILES string of the molecule is CC(C)NCC(O)COc1cccc2c1C(=Cc1ccccc1)C(=O)N2. The summed E-state index contributed by atoms with van der Waals surface area (Å²) >= 11 is 0. The van der Waals surface area contributed by atoms with Gasteiger partial charge in [0.15, 0.2) is 0 Å². The minimum Gasteiger partial charge on any atom is -0.490 e. The minimum atomic E-state index is -0.625. The molecule has 0 saturated carbocycles. The fraction of sp³-hybridized carbons (Fsp3) is 0.286. The highest BCUT2D eigenvalue weighted by atomic mass is 16.5. The van der Waals surface area contributed by atoms with Crippen LogP contribution in [0.25, 0.3) is 11.6 Å². The second-order valence-corrected chi connectivity index (χ2v) is 6.63. The molecule has 1 aliphatic heterocycles. The first-order chi connectivity index (χ1) is 12.5. The zero-order chi connectivity index (χ0) is 18.5. The summed E-state index contributed by atoms with van der Waals surface area (Å²) in [6.45, 7) is 4.66. The van der Waals surface area contributed by atoms with Gasteiger partial charge in [0.2, 0.25) is 0 Å². The molecule has 2 aromatic carbocycles. The lowest BCUT2D eigenvalue weighted by atomic mass is 10.0. The van der Waals surface area contributed by atoms with Crippen LogP contribution in [0.15, 0.2) is 48.5 Å². The lowest BCUT2D eigenvalue weighted by Crippen LogP contribution is -2.35. The quantitative estimate of drug-likeness (QED) is 0.670. The van der Waals surface area contributed by atoms with E-state index in [9.17, 15) is 9.90 Å². The summed E-state index contributed by atoms with van der Waals surface area (Å²) in [5.41, 5.74) is 2.98. The van der Waals surface area contributed by atoms with Gasteiger partial charge in [-0.1, -0.05) is 50.2 Å². The van der Waals surface area contributed by atoms with E-state index in [-0.39, 0.29) is 12.5 Å². The van der Waals surface area contributed by atoms with Crippen molar-refractivity contribution in [1.82, 2.24) is 5.32 Å². The summed E-state index contributed by atoms with van der Waals surface area (Å²) in [6, 6.07) is 15.5. The van der Waals surface area contributed by atoms with Crippen LogP contribution in [0.4, 0.5) is 5.69 Å². The molecule has 0 aromatic heterocycles. The molecule has 1 heterocycles. The van der Waals surface area contributed by atoms with E-state index >= 15 is 0 Å². The molecule has 0 fully saturated rings. The maximum Gasteiger partial charge on any atom is 0.256 e. The lowest BCUT2D eigenvalue weighted by molar-refractivity contribution is -0.110. The van der Waals surface area contributed by atoms with Crippen LogP contribution in [0.1, 0.15) is 25.0 Å². The van der Waals surface area contributed by atoms with Crippen molar-refractivity contribution in [2.45, 2.75) is 26.0 Å². The predicted molar refractivity (Wildman–Crippen MR) is 104 cm³/mol. The van der Waals surface area contributed by atoms with Crippen molar-refractivity contribution >= 4 is 23.2 Å². The Bertz CT molecular complexity index is 800. The Balaban J connectivity index is 1.81. The number of aliphatic hydroxyl groups is 1. The molecule has 1 amide bonds. The van der Waals surface area contributed by atoms with Gasteiger partial charge in [-0.2, -0.15) is 0 Å². The minimum absolute atomic E-state index is 0.151. The highest BCUT2D eigenvalue weighted by Gasteiger charge is 2.27. The van der Waals surface area contributed by atoms with Crippen molar-refractivity contribution in [3.05, 3.63) is 59.7 Å². The molecule has 136 valence electrons. The molecule has 0 saturated heterocycles. The fourth-order valence-corrected chi connectivity index (χ4v) is 2.81. The Kier molecular flexibility index (Phi) is 5.71. The summed E-state index contributed by atoms with van der Waals surface area (Å²) in [5.74, 6) is 0.438. The third-order valence-electron chi connectivity index (χ3n) is 4.09. The molecule has 1 unspecified atom stereocenters. The van der Waals surface area contributed by atoms with Crippen LogP contribution in [0.5, 0.6) is 5.75 Å². The zero-order valence-corrected chi connectivity index (χ0v) is 15.0. The van der Waals surface area contributed by atoms with E-state index < -0.39 is 6.10 Å². The van der Waals surface area contributed by atoms with Gasteiger partial charge in [-0.15, -0.1) is 0 Å². The van der Waals surface area contributed by atoms with E-state index in [2.05, 4.69) is 10.6 Å². The van der Waals surface area contributed by atoms with Gasteiger partial charge in [0.1, 0.15) is 18.5 Å². The largest absolute Gasteiger partial charge is 0.490 e. The molecule has 0 bridgehead atoms. The Morgan fingerprint density at radius 1 is 1.15 bits per heavy atom. The normalized spacial score (nSPS) is 15.8. The molecule has 0 aliphatic carbocycles. The second kappa shape index (κ2) is 8.17. The number of fused-ring (bicyclic) bond motifs is 1. The third-order valence-corrected chi connectivity index (χ3v) is 4.09. The topological polar surface area (TPSA) is 70.6 Å². The van der Waals surface area contributed by atoms with E-state index in [1.54, 1.807) is 0 Å². The molecular weight excluding hydrogens is 328 g/mol. The summed E-state index contributed by atoms with van der Waals surface area (Å²) in [7, 11) is 0. The Labute approximate surface area is 153 Å². The monoisotopic (exact) mass is 352 g/mol. The van der Waals surface area contributed by atoms with Crippen molar-refractivity contribution in [2.75, 3.05) is 18.5 Å². The smallest absolute Gasteiger partial charge is 0.256 e. The number of rotatable bonds is 7. The van der Waals surface area contributed by atoms with Gasteiger partial charge in [0.05, 0.1) is 16.8 Å². The number of nitrogens with one attached hydrogen (secondary N) is 2. The van der Waals surface area contributed by atoms with Crippen LogP contribution in [0.2, 0.25) is 0 Å². The number of hydrogen-bond donors (Lipinski definition) is 3. The number of aliphatic hydroxyl groups excluding tert-OH is 1. The van der Waals surface area contributed by atoms with Crippen LogP contribution in [0.3, 0.4) is 0 Å². The molecule has 1 atom stereocenters. The van der Waals surface area contributed by atoms with Gasteiger partial charge in [0.25, 0.3) is 5.91 Å². The number of benzene rings is 2. The Hall–Kier alpha value is -2.63. The van der Waals surface area contributed by atoms with E-state index in [0.717, 1.165) is 16.8 Å². The molecule has 0 spiro atoms. The number of carbonyl (C=O) groups is 1. The second-order valence-electron chi connectivity index (χ2n) is 6.63. The first kappa shape index (κ1) is 18.2. The van der Waals surface area contributed by atoms with E-state index in [1.807, 2.05) is 68.5 Å². The van der Waals surface area contributed by atoms with Gasteiger partial charge in [0, 0.05) is 12.6 Å². The van der Waals surface area contributed by atoms with E-state index in [1.165, 1.54) is 0 Å². The van der Waals surface area contributed by atoms with Crippen LogP contribution in [-0.2, 0) is 4.79 Å². The molecule has 5 nitrogen and oxygen atoms in total. The number of amides is 1. The van der Waals surface area contributed by atoms with Crippen LogP contribution < -0.4 is 15.4 Å². The molecule has 3 rings (SSSR count).